The molecule has 1 fully saturated rings. The molecule has 1 atom stereocenters. The van der Waals surface area contributed by atoms with Crippen molar-refractivity contribution in [3.63, 3.8) is 0 Å². The van der Waals surface area contributed by atoms with Crippen LogP contribution in [-0.4, -0.2) is 51.0 Å². The Kier molecular flexibility index (Phi) is 5.14. The van der Waals surface area contributed by atoms with Crippen LogP contribution in [0.4, 0.5) is 0 Å². The molecule has 0 saturated carbocycles. The molecule has 4 rings (SSSR count). The van der Waals surface area contributed by atoms with Gasteiger partial charge in [-0.25, -0.2) is 0 Å². The monoisotopic (exact) mass is 379 g/mol. The summed E-state index contributed by atoms with van der Waals surface area (Å²) in [4.78, 5) is 30.0. The lowest BCUT2D eigenvalue weighted by Gasteiger charge is -2.34. The highest BCUT2D eigenvalue weighted by molar-refractivity contribution is 5.89. The van der Waals surface area contributed by atoms with Crippen LogP contribution in [0.5, 0.6) is 0 Å². The number of benzene rings is 1. The fourth-order valence-corrected chi connectivity index (χ4v) is 4.09. The average Bonchev–Trinajstić information content (AvgIpc) is 3.37. The number of piperidine rings is 1. The summed E-state index contributed by atoms with van der Waals surface area (Å²) < 4.78 is 0. The molecule has 146 valence electrons. The van der Waals surface area contributed by atoms with Crippen molar-refractivity contribution < 1.29 is 9.59 Å². The lowest BCUT2D eigenvalue weighted by atomic mass is 9.93. The standard InChI is InChI=1S/C21H25N5O2/c1-14(27)24-20(12-16-13-22-19-5-3-2-4-17(16)19)21(28)26-10-7-15(8-11-26)18-6-9-23-25-18/h2-6,9,13,15,20,22H,7-8,10-12H2,1H3,(H,23,25)(H,24,27). The second-order valence-corrected chi connectivity index (χ2v) is 7.43. The van der Waals surface area contributed by atoms with Crippen molar-refractivity contribution in [1.82, 2.24) is 25.4 Å². The predicted octanol–water partition coefficient (Wildman–Crippen LogP) is 2.34. The van der Waals surface area contributed by atoms with Gasteiger partial charge < -0.3 is 15.2 Å². The first-order valence-electron chi connectivity index (χ1n) is 9.72. The molecule has 7 nitrogen and oxygen atoms in total. The van der Waals surface area contributed by atoms with Crippen LogP contribution in [0.1, 0.15) is 36.9 Å². The van der Waals surface area contributed by atoms with E-state index in [-0.39, 0.29) is 11.8 Å². The molecule has 0 spiro atoms. The van der Waals surface area contributed by atoms with Crippen LogP contribution in [0.2, 0.25) is 0 Å². The van der Waals surface area contributed by atoms with Crippen molar-refractivity contribution in [3.8, 4) is 0 Å². The Labute approximate surface area is 163 Å². The van der Waals surface area contributed by atoms with Gasteiger partial charge in [-0.05, 0) is 30.5 Å². The second-order valence-electron chi connectivity index (χ2n) is 7.43. The number of H-pyrrole nitrogens is 2. The number of aromatic nitrogens is 3. The number of hydrogen-bond donors (Lipinski definition) is 3. The number of carbonyl (C=O) groups is 2. The fraction of sp³-hybridized carbons (Fsp3) is 0.381. The highest BCUT2D eigenvalue weighted by atomic mass is 16.2. The Bertz CT molecular complexity index is 954. The highest BCUT2D eigenvalue weighted by Crippen LogP contribution is 2.27. The van der Waals surface area contributed by atoms with Gasteiger partial charge in [0.15, 0.2) is 0 Å². The molecule has 28 heavy (non-hydrogen) atoms. The maximum Gasteiger partial charge on any atom is 0.245 e. The van der Waals surface area contributed by atoms with Crippen molar-refractivity contribution in [1.29, 1.82) is 0 Å². The zero-order valence-electron chi connectivity index (χ0n) is 15.9. The van der Waals surface area contributed by atoms with E-state index >= 15 is 0 Å². The number of likely N-dealkylation sites (tertiary alicyclic amines) is 1. The third-order valence-electron chi connectivity index (χ3n) is 5.54. The van der Waals surface area contributed by atoms with E-state index in [0.29, 0.717) is 25.4 Å². The molecule has 3 N–H and O–H groups in total. The van der Waals surface area contributed by atoms with Gasteiger partial charge in [0.25, 0.3) is 0 Å². The Morgan fingerprint density at radius 1 is 1.25 bits per heavy atom. The molecular formula is C21H25N5O2. The number of hydrogen-bond acceptors (Lipinski definition) is 3. The first-order valence-corrected chi connectivity index (χ1v) is 9.72. The van der Waals surface area contributed by atoms with Crippen molar-refractivity contribution in [2.45, 2.75) is 38.1 Å². The van der Waals surface area contributed by atoms with Crippen molar-refractivity contribution in [2.75, 3.05) is 13.1 Å². The van der Waals surface area contributed by atoms with Gasteiger partial charge in [0.1, 0.15) is 6.04 Å². The molecule has 0 bridgehead atoms. The predicted molar refractivity (Wildman–Crippen MR) is 107 cm³/mol. The van der Waals surface area contributed by atoms with E-state index in [4.69, 9.17) is 0 Å². The summed E-state index contributed by atoms with van der Waals surface area (Å²) in [6, 6.07) is 9.44. The van der Waals surface area contributed by atoms with E-state index in [1.54, 1.807) is 6.20 Å². The molecule has 1 saturated heterocycles. The van der Waals surface area contributed by atoms with E-state index in [1.807, 2.05) is 41.4 Å². The molecule has 2 aromatic heterocycles. The quantitative estimate of drug-likeness (QED) is 0.635. The summed E-state index contributed by atoms with van der Waals surface area (Å²) in [7, 11) is 0. The number of nitrogens with one attached hydrogen (secondary N) is 3. The normalized spacial score (nSPS) is 16.2. The minimum Gasteiger partial charge on any atom is -0.361 e. The molecule has 7 heteroatoms. The maximum atomic E-state index is 13.2. The van der Waals surface area contributed by atoms with Gasteiger partial charge in [0.05, 0.1) is 0 Å². The lowest BCUT2D eigenvalue weighted by Crippen LogP contribution is -2.51. The minimum absolute atomic E-state index is 0.0106. The molecule has 1 aliphatic rings. The molecule has 1 unspecified atom stereocenters. The number of para-hydroxylation sites is 1. The van der Waals surface area contributed by atoms with Crippen LogP contribution in [0.25, 0.3) is 10.9 Å². The summed E-state index contributed by atoms with van der Waals surface area (Å²) in [6.45, 7) is 2.83. The Morgan fingerprint density at radius 2 is 2.04 bits per heavy atom. The SMILES string of the molecule is CC(=O)NC(Cc1c[nH]c2ccccc12)C(=O)N1CCC(c2ccn[nH]2)CC1. The van der Waals surface area contributed by atoms with Crippen LogP contribution in [0.15, 0.2) is 42.7 Å². The van der Waals surface area contributed by atoms with E-state index in [0.717, 1.165) is 35.0 Å². The summed E-state index contributed by atoms with van der Waals surface area (Å²) >= 11 is 0. The largest absolute Gasteiger partial charge is 0.361 e. The van der Waals surface area contributed by atoms with Gasteiger partial charge in [-0.3, -0.25) is 14.7 Å². The first kappa shape index (κ1) is 18.3. The summed E-state index contributed by atoms with van der Waals surface area (Å²) in [5, 5.41) is 11.0. The number of amides is 2. The van der Waals surface area contributed by atoms with Crippen LogP contribution in [0, 0.1) is 0 Å². The lowest BCUT2D eigenvalue weighted by molar-refractivity contribution is -0.137. The first-order chi connectivity index (χ1) is 13.6. The second kappa shape index (κ2) is 7.88. The molecule has 0 radical (unpaired) electrons. The molecule has 0 aliphatic carbocycles. The van der Waals surface area contributed by atoms with Crippen molar-refractivity contribution in [3.05, 3.63) is 54.0 Å². The van der Waals surface area contributed by atoms with E-state index in [2.05, 4.69) is 20.5 Å². The van der Waals surface area contributed by atoms with Crippen LogP contribution in [-0.2, 0) is 16.0 Å². The summed E-state index contributed by atoms with van der Waals surface area (Å²) in [5.41, 5.74) is 3.20. The molecule has 3 heterocycles. The Hall–Kier alpha value is -3.09. The van der Waals surface area contributed by atoms with Gasteiger partial charge >= 0.3 is 0 Å². The smallest absolute Gasteiger partial charge is 0.245 e. The van der Waals surface area contributed by atoms with Gasteiger partial charge in [-0.15, -0.1) is 0 Å². The highest BCUT2D eigenvalue weighted by Gasteiger charge is 2.30. The van der Waals surface area contributed by atoms with E-state index in [1.165, 1.54) is 6.92 Å². The van der Waals surface area contributed by atoms with Crippen LogP contribution >= 0.6 is 0 Å². The number of rotatable bonds is 5. The topological polar surface area (TPSA) is 93.9 Å². The number of aromatic amines is 2. The molecular weight excluding hydrogens is 354 g/mol. The van der Waals surface area contributed by atoms with Gasteiger partial charge in [-0.1, -0.05) is 18.2 Å². The third kappa shape index (κ3) is 3.78. The van der Waals surface area contributed by atoms with Crippen molar-refractivity contribution in [2.24, 2.45) is 0 Å². The number of nitrogens with zero attached hydrogens (tertiary/aromatic N) is 2. The third-order valence-corrected chi connectivity index (χ3v) is 5.54. The Balaban J connectivity index is 1.46. The molecule has 3 aromatic rings. The van der Waals surface area contributed by atoms with Crippen molar-refractivity contribution >= 4 is 22.7 Å². The Morgan fingerprint density at radius 3 is 2.75 bits per heavy atom. The summed E-state index contributed by atoms with van der Waals surface area (Å²) in [5.74, 6) is 0.202. The minimum atomic E-state index is -0.555. The van der Waals surface area contributed by atoms with Crippen LogP contribution < -0.4 is 5.32 Å². The number of fused-ring (bicyclic) bond motifs is 1. The number of carbonyl (C=O) groups excluding carboxylic acids is 2. The zero-order chi connectivity index (χ0) is 19.5. The van der Waals surface area contributed by atoms with Crippen LogP contribution in [0.3, 0.4) is 0 Å². The molecule has 2 amide bonds. The van der Waals surface area contributed by atoms with Gasteiger partial charge in [0.2, 0.25) is 11.8 Å². The van der Waals surface area contributed by atoms with E-state index in [9.17, 15) is 9.59 Å². The average molecular weight is 379 g/mol. The van der Waals surface area contributed by atoms with E-state index < -0.39 is 6.04 Å². The zero-order valence-corrected chi connectivity index (χ0v) is 15.9. The molecule has 1 aromatic carbocycles. The maximum absolute atomic E-state index is 13.2. The fourth-order valence-electron chi connectivity index (χ4n) is 4.09. The molecule has 1 aliphatic heterocycles. The van der Waals surface area contributed by atoms with Gasteiger partial charge in [0, 0.05) is 61.3 Å². The van der Waals surface area contributed by atoms with Gasteiger partial charge in [-0.2, -0.15) is 5.10 Å². The summed E-state index contributed by atoms with van der Waals surface area (Å²) in [6.07, 6.45) is 5.96.